The van der Waals surface area contributed by atoms with E-state index in [2.05, 4.69) is 21.9 Å². The van der Waals surface area contributed by atoms with E-state index in [4.69, 9.17) is 6.42 Å². The Balaban J connectivity index is 1.95. The fourth-order valence-corrected chi connectivity index (χ4v) is 2.32. The van der Waals surface area contributed by atoms with E-state index >= 15 is 0 Å². The molecule has 0 aromatic heterocycles. The van der Waals surface area contributed by atoms with Crippen molar-refractivity contribution >= 4 is 28.9 Å². The molecule has 8 nitrogen and oxygen atoms in total. The lowest BCUT2D eigenvalue weighted by Crippen LogP contribution is -2.25. The Morgan fingerprint density at radius 3 is 2.44 bits per heavy atom. The molecule has 0 fully saturated rings. The Labute approximate surface area is 156 Å². The number of para-hydroxylation sites is 3. The highest BCUT2D eigenvalue weighted by Gasteiger charge is 2.14. The predicted molar refractivity (Wildman–Crippen MR) is 102 cm³/mol. The molecule has 2 amide bonds. The molecule has 2 rings (SSSR count). The Bertz CT molecular complexity index is 889. The van der Waals surface area contributed by atoms with Crippen LogP contribution < -0.4 is 16.0 Å². The van der Waals surface area contributed by atoms with Crippen molar-refractivity contribution in [3.8, 4) is 12.3 Å². The maximum Gasteiger partial charge on any atom is 0.292 e. The lowest BCUT2D eigenvalue weighted by atomic mass is 10.1. The molecule has 0 radical (unpaired) electrons. The van der Waals surface area contributed by atoms with Crippen LogP contribution in [0.15, 0.2) is 48.5 Å². The number of carbonyl (C=O) groups excluding carboxylic acids is 2. The number of nitro benzene ring substituents is 1. The van der Waals surface area contributed by atoms with Gasteiger partial charge in [0.1, 0.15) is 5.69 Å². The summed E-state index contributed by atoms with van der Waals surface area (Å²) >= 11 is 0. The molecule has 0 aliphatic rings. The van der Waals surface area contributed by atoms with Crippen molar-refractivity contribution in [3.05, 3.63) is 64.2 Å². The van der Waals surface area contributed by atoms with Crippen LogP contribution in [0, 0.1) is 22.5 Å². The molecule has 8 heteroatoms. The van der Waals surface area contributed by atoms with Gasteiger partial charge < -0.3 is 16.0 Å². The summed E-state index contributed by atoms with van der Waals surface area (Å²) in [5.41, 5.74) is 0.938. The van der Waals surface area contributed by atoms with Gasteiger partial charge in [-0.15, -0.1) is 6.42 Å². The minimum atomic E-state index is -0.493. The minimum Gasteiger partial charge on any atom is -0.379 e. The fourth-order valence-electron chi connectivity index (χ4n) is 2.32. The van der Waals surface area contributed by atoms with Gasteiger partial charge in [-0.3, -0.25) is 19.7 Å². The normalized spacial score (nSPS) is 9.74. The minimum absolute atomic E-state index is 0.0616. The summed E-state index contributed by atoms with van der Waals surface area (Å²) < 4.78 is 0. The second kappa shape index (κ2) is 9.58. The zero-order valence-electron chi connectivity index (χ0n) is 14.4. The Hall–Kier alpha value is -3.86. The highest BCUT2D eigenvalue weighted by Crippen LogP contribution is 2.23. The van der Waals surface area contributed by atoms with Crippen LogP contribution in [0.4, 0.5) is 17.1 Å². The number of amides is 2. The Kier molecular flexibility index (Phi) is 6.91. The average Bonchev–Trinajstić information content (AvgIpc) is 2.66. The number of benzene rings is 2. The van der Waals surface area contributed by atoms with Crippen LogP contribution >= 0.6 is 0 Å². The number of nitrogens with zero attached hydrogens (tertiary/aromatic N) is 1. The number of rotatable bonds is 8. The van der Waals surface area contributed by atoms with E-state index in [-0.39, 0.29) is 37.0 Å². The first kappa shape index (κ1) is 19.5. The molecule has 0 bridgehead atoms. The lowest BCUT2D eigenvalue weighted by Gasteiger charge is -2.11. The van der Waals surface area contributed by atoms with Gasteiger partial charge in [0, 0.05) is 19.0 Å². The summed E-state index contributed by atoms with van der Waals surface area (Å²) in [5, 5.41) is 19.1. The van der Waals surface area contributed by atoms with Crippen LogP contribution in [0.5, 0.6) is 0 Å². The summed E-state index contributed by atoms with van der Waals surface area (Å²) in [6.07, 6.45) is 5.18. The molecular formula is C19H18N4O4. The van der Waals surface area contributed by atoms with E-state index in [1.54, 1.807) is 42.5 Å². The smallest absolute Gasteiger partial charge is 0.292 e. The quantitative estimate of drug-likeness (QED) is 0.377. The monoisotopic (exact) mass is 366 g/mol. The van der Waals surface area contributed by atoms with Gasteiger partial charge in [0.2, 0.25) is 5.91 Å². The number of hydrogen-bond acceptors (Lipinski definition) is 5. The zero-order valence-corrected chi connectivity index (χ0v) is 14.4. The van der Waals surface area contributed by atoms with Crippen LogP contribution in [-0.4, -0.2) is 29.8 Å². The van der Waals surface area contributed by atoms with Gasteiger partial charge in [-0.1, -0.05) is 30.2 Å². The Morgan fingerprint density at radius 2 is 1.74 bits per heavy atom. The third-order valence-corrected chi connectivity index (χ3v) is 3.57. The van der Waals surface area contributed by atoms with Crippen LogP contribution in [0.1, 0.15) is 16.8 Å². The number of nitro groups is 1. The highest BCUT2D eigenvalue weighted by molar-refractivity contribution is 6.03. The summed E-state index contributed by atoms with van der Waals surface area (Å²) in [4.78, 5) is 34.7. The van der Waals surface area contributed by atoms with Crippen LogP contribution in [0.3, 0.4) is 0 Å². The summed E-state index contributed by atoms with van der Waals surface area (Å²) in [7, 11) is 0. The van der Waals surface area contributed by atoms with E-state index in [1.165, 1.54) is 6.07 Å². The van der Waals surface area contributed by atoms with Crippen molar-refractivity contribution in [2.45, 2.75) is 6.42 Å². The molecule has 2 aromatic carbocycles. The number of nitrogens with one attached hydrogen (secondary N) is 3. The molecule has 2 aromatic rings. The molecule has 27 heavy (non-hydrogen) atoms. The van der Waals surface area contributed by atoms with Gasteiger partial charge in [0.25, 0.3) is 11.6 Å². The van der Waals surface area contributed by atoms with E-state index in [9.17, 15) is 19.7 Å². The third-order valence-electron chi connectivity index (χ3n) is 3.57. The molecule has 0 aliphatic carbocycles. The van der Waals surface area contributed by atoms with Crippen LogP contribution in [0.2, 0.25) is 0 Å². The topological polar surface area (TPSA) is 113 Å². The van der Waals surface area contributed by atoms with Gasteiger partial charge in [0.05, 0.1) is 22.7 Å². The average molecular weight is 366 g/mol. The van der Waals surface area contributed by atoms with Crippen molar-refractivity contribution in [1.82, 2.24) is 5.32 Å². The van der Waals surface area contributed by atoms with E-state index in [0.29, 0.717) is 16.9 Å². The standard InChI is InChI=1S/C19H18N4O4/c1-2-12-21-19(25)14-7-3-4-8-15(14)22-18(24)11-13-20-16-9-5-6-10-17(16)23(26)27/h1,3-10,20H,11-13H2,(H,21,25)(H,22,24). The maximum absolute atomic E-state index is 12.2. The second-order valence-corrected chi connectivity index (χ2v) is 5.43. The van der Waals surface area contributed by atoms with Gasteiger partial charge in [-0.05, 0) is 18.2 Å². The number of terminal acetylenes is 1. The van der Waals surface area contributed by atoms with E-state index < -0.39 is 4.92 Å². The van der Waals surface area contributed by atoms with Gasteiger partial charge in [-0.2, -0.15) is 0 Å². The SMILES string of the molecule is C#CCNC(=O)c1ccccc1NC(=O)CCNc1ccccc1[N+](=O)[O-]. The molecule has 0 heterocycles. The first-order valence-electron chi connectivity index (χ1n) is 8.10. The van der Waals surface area contributed by atoms with Crippen molar-refractivity contribution in [2.75, 3.05) is 23.7 Å². The Morgan fingerprint density at radius 1 is 1.07 bits per heavy atom. The second-order valence-electron chi connectivity index (χ2n) is 5.43. The fraction of sp³-hybridized carbons (Fsp3) is 0.158. The lowest BCUT2D eigenvalue weighted by molar-refractivity contribution is -0.384. The van der Waals surface area contributed by atoms with E-state index in [0.717, 1.165) is 0 Å². The summed E-state index contributed by atoms with van der Waals surface area (Å²) in [5.74, 6) is 1.59. The maximum atomic E-state index is 12.2. The van der Waals surface area contributed by atoms with Crippen LogP contribution in [0.25, 0.3) is 0 Å². The van der Waals surface area contributed by atoms with Crippen molar-refractivity contribution < 1.29 is 14.5 Å². The third kappa shape index (κ3) is 5.57. The predicted octanol–water partition coefficient (Wildman–Crippen LogP) is 2.40. The molecule has 0 unspecified atom stereocenters. The highest BCUT2D eigenvalue weighted by atomic mass is 16.6. The molecule has 0 saturated carbocycles. The number of anilines is 2. The molecule has 0 spiro atoms. The van der Waals surface area contributed by atoms with Crippen molar-refractivity contribution in [2.24, 2.45) is 0 Å². The largest absolute Gasteiger partial charge is 0.379 e. The van der Waals surface area contributed by atoms with Gasteiger partial charge in [0.15, 0.2) is 0 Å². The molecule has 0 atom stereocenters. The van der Waals surface area contributed by atoms with Crippen LogP contribution in [-0.2, 0) is 4.79 Å². The van der Waals surface area contributed by atoms with Gasteiger partial charge in [-0.25, -0.2) is 0 Å². The van der Waals surface area contributed by atoms with Crippen molar-refractivity contribution in [1.29, 1.82) is 0 Å². The summed E-state index contributed by atoms with van der Waals surface area (Å²) in [6.45, 7) is 0.281. The van der Waals surface area contributed by atoms with Crippen molar-refractivity contribution in [3.63, 3.8) is 0 Å². The first-order valence-corrected chi connectivity index (χ1v) is 8.10. The summed E-state index contributed by atoms with van der Waals surface area (Å²) in [6, 6.07) is 12.7. The molecular weight excluding hydrogens is 348 g/mol. The molecule has 0 aliphatic heterocycles. The van der Waals surface area contributed by atoms with E-state index in [1.807, 2.05) is 0 Å². The number of carbonyl (C=O) groups is 2. The molecule has 0 saturated heterocycles. The van der Waals surface area contributed by atoms with Gasteiger partial charge >= 0.3 is 0 Å². The molecule has 138 valence electrons. The zero-order chi connectivity index (χ0) is 19.6. The first-order chi connectivity index (χ1) is 13.0. The molecule has 3 N–H and O–H groups in total. The number of hydrogen-bond donors (Lipinski definition) is 3.